The topological polar surface area (TPSA) is 124 Å². The number of nitrogens with zero attached hydrogens (tertiary/aromatic N) is 2. The van der Waals surface area contributed by atoms with Crippen LogP contribution in [-0.4, -0.2) is 57.2 Å². The summed E-state index contributed by atoms with van der Waals surface area (Å²) in [6.07, 6.45) is 3.05. The predicted octanol–water partition coefficient (Wildman–Crippen LogP) is 3.42. The summed E-state index contributed by atoms with van der Waals surface area (Å²) in [5.41, 5.74) is 0.951. The molecule has 1 aliphatic heterocycles. The van der Waals surface area contributed by atoms with Crippen molar-refractivity contribution in [3.63, 3.8) is 0 Å². The Morgan fingerprint density at radius 2 is 1.74 bits per heavy atom. The van der Waals surface area contributed by atoms with Gasteiger partial charge in [0, 0.05) is 6.20 Å². The molecule has 4 rings (SSSR count). The number of benzene rings is 2. The molecule has 0 fully saturated rings. The third-order valence-electron chi connectivity index (χ3n) is 6.20. The molecule has 0 saturated carbocycles. The van der Waals surface area contributed by atoms with Crippen LogP contribution in [0, 0.1) is 0 Å². The maximum absolute atomic E-state index is 13.9. The van der Waals surface area contributed by atoms with Gasteiger partial charge in [0.15, 0.2) is 34.4 Å². The molecule has 228 valence electrons. The van der Waals surface area contributed by atoms with E-state index in [0.29, 0.717) is 45.2 Å². The van der Waals surface area contributed by atoms with Crippen LogP contribution in [0.25, 0.3) is 6.08 Å². The van der Waals surface area contributed by atoms with E-state index in [1.165, 1.54) is 25.0 Å². The molecule has 13 heteroatoms. The van der Waals surface area contributed by atoms with Gasteiger partial charge in [-0.3, -0.25) is 9.36 Å². The highest BCUT2D eigenvalue weighted by Gasteiger charge is 2.31. The molecule has 3 aromatic rings. The predicted molar refractivity (Wildman–Crippen MR) is 160 cm³/mol. The number of fused-ring (bicyclic) bond motifs is 1. The number of esters is 2. The zero-order chi connectivity index (χ0) is 31.1. The van der Waals surface area contributed by atoms with Crippen molar-refractivity contribution >= 4 is 41.0 Å². The Bertz CT molecular complexity index is 1730. The van der Waals surface area contributed by atoms with Crippen LogP contribution in [0.4, 0.5) is 0 Å². The zero-order valence-electron chi connectivity index (χ0n) is 24.3. The van der Waals surface area contributed by atoms with Crippen LogP contribution in [0.2, 0.25) is 5.02 Å². The third-order valence-corrected chi connectivity index (χ3v) is 7.48. The quantitative estimate of drug-likeness (QED) is 0.277. The second-order valence-electron chi connectivity index (χ2n) is 8.88. The fourth-order valence-electron chi connectivity index (χ4n) is 4.44. The smallest absolute Gasteiger partial charge is 0.344 e. The molecule has 0 radical (unpaired) electrons. The molecule has 0 bridgehead atoms. The molecule has 0 spiro atoms. The molecule has 1 aliphatic rings. The van der Waals surface area contributed by atoms with Gasteiger partial charge >= 0.3 is 11.9 Å². The number of methoxy groups -OCH3 is 2. The average molecular weight is 631 g/mol. The number of carbonyl (C=O) groups excluding carboxylic acids is 2. The van der Waals surface area contributed by atoms with Gasteiger partial charge in [-0.2, -0.15) is 0 Å². The molecule has 0 saturated heterocycles. The Morgan fingerprint density at radius 1 is 1.00 bits per heavy atom. The first-order chi connectivity index (χ1) is 20.8. The number of thiazole rings is 1. The molecule has 2 aromatic carbocycles. The van der Waals surface area contributed by atoms with Gasteiger partial charge in [-0.15, -0.1) is 0 Å². The van der Waals surface area contributed by atoms with Gasteiger partial charge in [-0.1, -0.05) is 29.0 Å². The molecule has 2 heterocycles. The van der Waals surface area contributed by atoms with Crippen LogP contribution >= 0.6 is 22.9 Å². The number of hydrogen-bond donors (Lipinski definition) is 0. The molecule has 0 unspecified atom stereocenters. The molecule has 11 nitrogen and oxygen atoms in total. The Hall–Kier alpha value is -4.29. The lowest BCUT2D eigenvalue weighted by Gasteiger charge is -2.23. The van der Waals surface area contributed by atoms with Crippen molar-refractivity contribution in [3.05, 3.63) is 77.9 Å². The van der Waals surface area contributed by atoms with Crippen molar-refractivity contribution in [1.82, 2.24) is 4.57 Å². The van der Waals surface area contributed by atoms with Gasteiger partial charge in [0.25, 0.3) is 5.56 Å². The molecule has 0 N–H and O–H groups in total. The molecule has 43 heavy (non-hydrogen) atoms. The summed E-state index contributed by atoms with van der Waals surface area (Å²) in [6.45, 7) is 6.12. The summed E-state index contributed by atoms with van der Waals surface area (Å²) in [4.78, 5) is 43.2. The maximum Gasteiger partial charge on any atom is 0.344 e. The highest BCUT2D eigenvalue weighted by molar-refractivity contribution is 7.07. The Labute approximate surface area is 256 Å². The maximum atomic E-state index is 13.9. The van der Waals surface area contributed by atoms with Gasteiger partial charge < -0.3 is 28.4 Å². The first kappa shape index (κ1) is 31.6. The lowest BCUT2D eigenvalue weighted by Crippen LogP contribution is -2.39. The van der Waals surface area contributed by atoms with E-state index in [1.807, 2.05) is 13.8 Å². The standard InChI is InChI=1S/C30H31ClN2O9S/c1-6-39-21-10-9-18(14-22(21)40-7-2)26-19(29(36)38-5)15-32-30-33(26)28(35)24(43-30)13-17-11-20(31)27(23(12-17)37-4)42-16-25(34)41-8-3/h9-15,26H,6-8,16H2,1-5H3/b24-13-/t26-/m0/s1. The normalized spacial score (nSPS) is 14.2. The summed E-state index contributed by atoms with van der Waals surface area (Å²) < 4.78 is 34.1. The van der Waals surface area contributed by atoms with E-state index in [9.17, 15) is 14.4 Å². The van der Waals surface area contributed by atoms with Crippen LogP contribution in [-0.2, 0) is 19.1 Å². The van der Waals surface area contributed by atoms with E-state index < -0.39 is 18.0 Å². The lowest BCUT2D eigenvalue weighted by molar-refractivity contribution is -0.145. The minimum Gasteiger partial charge on any atom is -0.493 e. The van der Waals surface area contributed by atoms with E-state index in [1.54, 1.807) is 43.3 Å². The second-order valence-corrected chi connectivity index (χ2v) is 10.3. The second kappa shape index (κ2) is 14.3. The highest BCUT2D eigenvalue weighted by Crippen LogP contribution is 2.37. The first-order valence-corrected chi connectivity index (χ1v) is 14.6. The van der Waals surface area contributed by atoms with Crippen LogP contribution in [0.3, 0.4) is 0 Å². The van der Waals surface area contributed by atoms with E-state index in [2.05, 4.69) is 4.99 Å². The molecule has 0 aliphatic carbocycles. The van der Waals surface area contributed by atoms with Gasteiger partial charge in [0.1, 0.15) is 0 Å². The Kier molecular flexibility index (Phi) is 10.5. The van der Waals surface area contributed by atoms with Crippen molar-refractivity contribution in [2.75, 3.05) is 40.6 Å². The molecule has 1 atom stereocenters. The number of carbonyl (C=O) groups is 2. The van der Waals surface area contributed by atoms with Crippen molar-refractivity contribution in [2.45, 2.75) is 26.8 Å². The third kappa shape index (κ3) is 6.86. The first-order valence-electron chi connectivity index (χ1n) is 13.4. The van der Waals surface area contributed by atoms with Crippen LogP contribution in [0.5, 0.6) is 23.0 Å². The van der Waals surface area contributed by atoms with Crippen molar-refractivity contribution < 1.29 is 38.0 Å². The minimum absolute atomic E-state index is 0.166. The van der Waals surface area contributed by atoms with E-state index in [4.69, 9.17) is 40.0 Å². The summed E-state index contributed by atoms with van der Waals surface area (Å²) in [5, 5.41) is 0.173. The average Bonchev–Trinajstić information content (AvgIpc) is 3.31. The van der Waals surface area contributed by atoms with Crippen LogP contribution in [0.15, 0.2) is 51.9 Å². The molecule has 1 aromatic heterocycles. The van der Waals surface area contributed by atoms with E-state index in [0.717, 1.165) is 11.3 Å². The summed E-state index contributed by atoms with van der Waals surface area (Å²) >= 11 is 7.62. The number of rotatable bonds is 12. The van der Waals surface area contributed by atoms with Gasteiger partial charge in [-0.05, 0) is 62.2 Å². The number of ether oxygens (including phenoxy) is 6. The largest absolute Gasteiger partial charge is 0.493 e. The van der Waals surface area contributed by atoms with Crippen molar-refractivity contribution in [1.29, 1.82) is 0 Å². The zero-order valence-corrected chi connectivity index (χ0v) is 25.9. The summed E-state index contributed by atoms with van der Waals surface area (Å²) in [5.74, 6) is 0.290. The fourth-order valence-corrected chi connectivity index (χ4v) is 5.68. The Balaban J connectivity index is 1.81. The summed E-state index contributed by atoms with van der Waals surface area (Å²) in [7, 11) is 2.70. The molecular weight excluding hydrogens is 600 g/mol. The number of hydrogen-bond acceptors (Lipinski definition) is 11. The monoisotopic (exact) mass is 630 g/mol. The fraction of sp³-hybridized carbons (Fsp3) is 0.333. The van der Waals surface area contributed by atoms with E-state index >= 15 is 0 Å². The van der Waals surface area contributed by atoms with Gasteiger partial charge in [0.05, 0.1) is 55.2 Å². The number of halogens is 1. The van der Waals surface area contributed by atoms with Crippen molar-refractivity contribution in [3.8, 4) is 23.0 Å². The SMILES string of the molecule is CCOC(=O)COc1c(Cl)cc(/C=c2\sc3n(c2=O)[C@@H](c2ccc(OCC)c(OCC)c2)C(C(=O)OC)=CN=3)cc1OC. The van der Waals surface area contributed by atoms with E-state index in [-0.39, 0.29) is 40.9 Å². The number of aromatic nitrogens is 1. The van der Waals surface area contributed by atoms with Gasteiger partial charge in [0.2, 0.25) is 0 Å². The molecular formula is C30H31ClN2O9S. The van der Waals surface area contributed by atoms with Crippen molar-refractivity contribution in [2.24, 2.45) is 4.99 Å². The minimum atomic E-state index is -0.836. The Morgan fingerprint density at radius 3 is 2.42 bits per heavy atom. The lowest BCUT2D eigenvalue weighted by atomic mass is 9.97. The molecule has 0 amide bonds. The van der Waals surface area contributed by atoms with Crippen LogP contribution < -0.4 is 33.8 Å². The summed E-state index contributed by atoms with van der Waals surface area (Å²) in [6, 6.07) is 7.64. The highest BCUT2D eigenvalue weighted by atomic mass is 35.5. The van der Waals surface area contributed by atoms with Gasteiger partial charge in [-0.25, -0.2) is 14.6 Å². The van der Waals surface area contributed by atoms with Crippen LogP contribution in [0.1, 0.15) is 37.9 Å².